The van der Waals surface area contributed by atoms with Crippen molar-refractivity contribution in [2.45, 2.75) is 19.3 Å². The number of hydrogen-bond donors (Lipinski definition) is 1. The van der Waals surface area contributed by atoms with E-state index in [4.69, 9.17) is 5.73 Å². The summed E-state index contributed by atoms with van der Waals surface area (Å²) in [6, 6.07) is 3.74. The molecule has 1 aromatic rings. The van der Waals surface area contributed by atoms with Gasteiger partial charge in [-0.15, -0.1) is 0 Å². The minimum atomic E-state index is -0.524. The number of halogens is 2. The van der Waals surface area contributed by atoms with E-state index in [9.17, 15) is 8.78 Å². The molecule has 0 aromatic heterocycles. The van der Waals surface area contributed by atoms with Gasteiger partial charge in [0.2, 0.25) is 0 Å². The van der Waals surface area contributed by atoms with Crippen LogP contribution < -0.4 is 5.73 Å². The van der Waals surface area contributed by atoms with Gasteiger partial charge in [0, 0.05) is 6.07 Å². The predicted molar refractivity (Wildman–Crippen MR) is 50.8 cm³/mol. The molecular weight excluding hydrogens is 184 g/mol. The molecule has 1 nitrogen and oxygen atoms in total. The summed E-state index contributed by atoms with van der Waals surface area (Å²) in [6.07, 6.45) is 2.75. The highest BCUT2D eigenvalue weighted by atomic mass is 19.1. The number of nitrogens with two attached hydrogens (primary N) is 1. The fourth-order valence-electron chi connectivity index (χ4n) is 1.70. The molecule has 3 heteroatoms. The van der Waals surface area contributed by atoms with Gasteiger partial charge in [-0.25, -0.2) is 8.78 Å². The number of rotatable bonds is 3. The first kappa shape index (κ1) is 9.59. The highest BCUT2D eigenvalue weighted by Gasteiger charge is 2.41. The molecule has 0 atom stereocenters. The van der Waals surface area contributed by atoms with Crippen molar-refractivity contribution < 1.29 is 8.78 Å². The van der Waals surface area contributed by atoms with Crippen LogP contribution >= 0.6 is 0 Å². The third-order valence-corrected chi connectivity index (χ3v) is 2.97. The molecule has 1 aromatic carbocycles. The summed E-state index contributed by atoms with van der Waals surface area (Å²) in [7, 11) is 0. The Morgan fingerprint density at radius 1 is 1.29 bits per heavy atom. The molecule has 0 amide bonds. The predicted octanol–water partition coefficient (Wildman–Crippen LogP) is 2.25. The Morgan fingerprint density at radius 2 is 2.00 bits per heavy atom. The molecule has 14 heavy (non-hydrogen) atoms. The third-order valence-electron chi connectivity index (χ3n) is 2.97. The monoisotopic (exact) mass is 197 g/mol. The molecule has 1 aliphatic carbocycles. The van der Waals surface area contributed by atoms with Crippen LogP contribution in [0.4, 0.5) is 8.78 Å². The Kier molecular flexibility index (Phi) is 2.27. The van der Waals surface area contributed by atoms with Gasteiger partial charge < -0.3 is 5.73 Å². The molecule has 0 saturated heterocycles. The maximum absolute atomic E-state index is 13.3. The van der Waals surface area contributed by atoms with Gasteiger partial charge >= 0.3 is 0 Å². The minimum absolute atomic E-state index is 0.0959. The zero-order valence-corrected chi connectivity index (χ0v) is 7.89. The second-order valence-electron chi connectivity index (χ2n) is 4.12. The fraction of sp³-hybridized carbons (Fsp3) is 0.455. The SMILES string of the molecule is NCC1(Cc2ccc(F)cc2F)CC1. The smallest absolute Gasteiger partial charge is 0.129 e. The van der Waals surface area contributed by atoms with Crippen molar-refractivity contribution in [3.63, 3.8) is 0 Å². The fourth-order valence-corrected chi connectivity index (χ4v) is 1.70. The maximum atomic E-state index is 13.3. The van der Waals surface area contributed by atoms with Crippen LogP contribution in [0.3, 0.4) is 0 Å². The van der Waals surface area contributed by atoms with Crippen LogP contribution in [-0.4, -0.2) is 6.54 Å². The van der Waals surface area contributed by atoms with Gasteiger partial charge in [0.05, 0.1) is 0 Å². The van der Waals surface area contributed by atoms with Gasteiger partial charge in [-0.2, -0.15) is 0 Å². The van der Waals surface area contributed by atoms with E-state index in [1.807, 2.05) is 0 Å². The third kappa shape index (κ3) is 1.77. The first-order valence-corrected chi connectivity index (χ1v) is 4.79. The Morgan fingerprint density at radius 3 is 2.50 bits per heavy atom. The maximum Gasteiger partial charge on any atom is 0.129 e. The van der Waals surface area contributed by atoms with Crippen molar-refractivity contribution in [3.8, 4) is 0 Å². The second-order valence-corrected chi connectivity index (χ2v) is 4.12. The molecule has 2 rings (SSSR count). The van der Waals surface area contributed by atoms with E-state index >= 15 is 0 Å². The standard InChI is InChI=1S/C11H13F2N/c12-9-2-1-8(10(13)5-9)6-11(7-14)3-4-11/h1-2,5H,3-4,6-7,14H2. The Labute approximate surface area is 81.9 Å². The van der Waals surface area contributed by atoms with Crippen molar-refractivity contribution in [1.29, 1.82) is 0 Å². The average Bonchev–Trinajstić information content (AvgIpc) is 2.91. The first-order valence-electron chi connectivity index (χ1n) is 4.79. The summed E-state index contributed by atoms with van der Waals surface area (Å²) >= 11 is 0. The van der Waals surface area contributed by atoms with Gasteiger partial charge in [0.15, 0.2) is 0 Å². The van der Waals surface area contributed by atoms with Crippen molar-refractivity contribution >= 4 is 0 Å². The van der Waals surface area contributed by atoms with E-state index in [-0.39, 0.29) is 5.41 Å². The van der Waals surface area contributed by atoms with Gasteiger partial charge in [-0.3, -0.25) is 0 Å². The van der Waals surface area contributed by atoms with Crippen molar-refractivity contribution in [2.24, 2.45) is 11.1 Å². The zero-order chi connectivity index (χ0) is 10.2. The van der Waals surface area contributed by atoms with E-state index in [2.05, 4.69) is 0 Å². The first-order chi connectivity index (χ1) is 6.65. The zero-order valence-electron chi connectivity index (χ0n) is 7.89. The molecule has 76 valence electrons. The lowest BCUT2D eigenvalue weighted by Crippen LogP contribution is -2.18. The molecule has 0 radical (unpaired) electrons. The van der Waals surface area contributed by atoms with E-state index in [0.29, 0.717) is 18.5 Å². The molecule has 1 aliphatic rings. The van der Waals surface area contributed by atoms with E-state index in [0.717, 1.165) is 18.9 Å². The normalized spacial score (nSPS) is 18.2. The number of benzene rings is 1. The summed E-state index contributed by atoms with van der Waals surface area (Å²) in [5.41, 5.74) is 6.27. The minimum Gasteiger partial charge on any atom is -0.330 e. The Hall–Kier alpha value is -0.960. The summed E-state index contributed by atoms with van der Waals surface area (Å²) in [4.78, 5) is 0. The van der Waals surface area contributed by atoms with Crippen LogP contribution in [0.25, 0.3) is 0 Å². The summed E-state index contributed by atoms with van der Waals surface area (Å²) < 4.78 is 25.9. The van der Waals surface area contributed by atoms with Crippen LogP contribution in [0.2, 0.25) is 0 Å². The Balaban J connectivity index is 2.17. The molecule has 0 bridgehead atoms. The Bertz CT molecular complexity index is 345. The lowest BCUT2D eigenvalue weighted by atomic mass is 9.96. The largest absolute Gasteiger partial charge is 0.330 e. The van der Waals surface area contributed by atoms with Crippen LogP contribution in [0, 0.1) is 17.0 Å². The van der Waals surface area contributed by atoms with Gasteiger partial charge in [-0.05, 0) is 42.9 Å². The lowest BCUT2D eigenvalue weighted by Gasteiger charge is -2.12. The van der Waals surface area contributed by atoms with Crippen LogP contribution in [0.5, 0.6) is 0 Å². The van der Waals surface area contributed by atoms with Gasteiger partial charge in [0.25, 0.3) is 0 Å². The molecule has 1 saturated carbocycles. The highest BCUT2D eigenvalue weighted by Crippen LogP contribution is 2.47. The average molecular weight is 197 g/mol. The quantitative estimate of drug-likeness (QED) is 0.790. The highest BCUT2D eigenvalue weighted by molar-refractivity contribution is 5.21. The summed E-state index contributed by atoms with van der Waals surface area (Å²) in [6.45, 7) is 0.587. The molecule has 0 unspecified atom stereocenters. The van der Waals surface area contributed by atoms with Crippen LogP contribution in [-0.2, 0) is 6.42 Å². The van der Waals surface area contributed by atoms with Crippen LogP contribution in [0.15, 0.2) is 18.2 Å². The van der Waals surface area contributed by atoms with E-state index in [1.54, 1.807) is 0 Å². The second kappa shape index (κ2) is 3.31. The summed E-state index contributed by atoms with van der Waals surface area (Å²) in [5, 5.41) is 0. The molecule has 0 spiro atoms. The molecule has 1 fully saturated rings. The number of hydrogen-bond acceptors (Lipinski definition) is 1. The van der Waals surface area contributed by atoms with E-state index < -0.39 is 11.6 Å². The van der Waals surface area contributed by atoms with Crippen LogP contribution in [0.1, 0.15) is 18.4 Å². The van der Waals surface area contributed by atoms with Gasteiger partial charge in [-0.1, -0.05) is 6.07 Å². The molecule has 2 N–H and O–H groups in total. The van der Waals surface area contributed by atoms with Crippen molar-refractivity contribution in [3.05, 3.63) is 35.4 Å². The molecule has 0 aliphatic heterocycles. The molecular formula is C11H13F2N. The molecule has 0 heterocycles. The van der Waals surface area contributed by atoms with E-state index in [1.165, 1.54) is 12.1 Å². The van der Waals surface area contributed by atoms with Gasteiger partial charge in [0.1, 0.15) is 11.6 Å². The summed E-state index contributed by atoms with van der Waals surface area (Å²) in [5.74, 6) is -0.978. The lowest BCUT2D eigenvalue weighted by molar-refractivity contribution is 0.495. The van der Waals surface area contributed by atoms with Crippen molar-refractivity contribution in [2.75, 3.05) is 6.54 Å². The van der Waals surface area contributed by atoms with Crippen molar-refractivity contribution in [1.82, 2.24) is 0 Å². The topological polar surface area (TPSA) is 26.0 Å².